The topological polar surface area (TPSA) is 49.7 Å². The molecule has 0 fully saturated rings. The molecule has 0 amide bonds. The van der Waals surface area contributed by atoms with Crippen LogP contribution in [-0.2, 0) is 4.74 Å². The molecule has 0 unspecified atom stereocenters. The highest BCUT2D eigenvalue weighted by atomic mass is 16.8. The maximum Gasteiger partial charge on any atom is 0.277 e. The van der Waals surface area contributed by atoms with Crippen molar-refractivity contribution in [2.24, 2.45) is 0 Å². The van der Waals surface area contributed by atoms with Crippen LogP contribution in [0.3, 0.4) is 0 Å². The van der Waals surface area contributed by atoms with E-state index in [2.05, 4.69) is 11.7 Å². The summed E-state index contributed by atoms with van der Waals surface area (Å²) in [6.45, 7) is 5.21. The first-order valence-electron chi connectivity index (χ1n) is 2.50. The Bertz CT molecular complexity index is 60.7. The zero-order valence-electron chi connectivity index (χ0n) is 4.92. The standard InChI is InChI=1S/C5H11O3/c1-3-5(6,7)8-4-2/h6-7H,1,3-4H2,2H3. The first kappa shape index (κ1) is 7.88. The molecule has 0 rings (SSSR count). The third kappa shape index (κ3) is 2.96. The second-order valence-corrected chi connectivity index (χ2v) is 1.43. The van der Waals surface area contributed by atoms with Crippen molar-refractivity contribution in [3.05, 3.63) is 6.92 Å². The number of hydrogen-bond acceptors (Lipinski definition) is 3. The van der Waals surface area contributed by atoms with Gasteiger partial charge in [0.25, 0.3) is 5.97 Å². The summed E-state index contributed by atoms with van der Waals surface area (Å²) in [7, 11) is 0. The Morgan fingerprint density at radius 2 is 2.12 bits per heavy atom. The molecule has 3 nitrogen and oxygen atoms in total. The van der Waals surface area contributed by atoms with E-state index in [0.29, 0.717) is 0 Å². The van der Waals surface area contributed by atoms with Crippen LogP contribution in [0, 0.1) is 6.92 Å². The zero-order valence-corrected chi connectivity index (χ0v) is 4.92. The molecule has 2 N–H and O–H groups in total. The summed E-state index contributed by atoms with van der Waals surface area (Å²) in [6, 6.07) is 0. The molecule has 0 aromatic heterocycles. The van der Waals surface area contributed by atoms with Crippen molar-refractivity contribution < 1.29 is 14.9 Å². The van der Waals surface area contributed by atoms with Crippen LogP contribution in [0.25, 0.3) is 0 Å². The Morgan fingerprint density at radius 3 is 2.25 bits per heavy atom. The van der Waals surface area contributed by atoms with Crippen molar-refractivity contribution in [3.63, 3.8) is 0 Å². The van der Waals surface area contributed by atoms with Gasteiger partial charge in [-0.25, -0.2) is 0 Å². The number of ether oxygens (including phenoxy) is 1. The molecule has 0 aliphatic heterocycles. The lowest BCUT2D eigenvalue weighted by molar-refractivity contribution is -0.333. The Hall–Kier alpha value is -0.120. The Labute approximate surface area is 48.9 Å². The molecule has 0 bridgehead atoms. The monoisotopic (exact) mass is 119 g/mol. The van der Waals surface area contributed by atoms with Crippen LogP contribution in [0.4, 0.5) is 0 Å². The van der Waals surface area contributed by atoms with E-state index in [1.165, 1.54) is 0 Å². The second-order valence-electron chi connectivity index (χ2n) is 1.43. The Balaban J connectivity index is 3.37. The molecule has 1 radical (unpaired) electrons. The van der Waals surface area contributed by atoms with Gasteiger partial charge in [0, 0.05) is 13.0 Å². The van der Waals surface area contributed by atoms with Crippen molar-refractivity contribution in [1.29, 1.82) is 0 Å². The van der Waals surface area contributed by atoms with E-state index in [9.17, 15) is 0 Å². The van der Waals surface area contributed by atoms with Gasteiger partial charge in [-0.2, -0.15) is 0 Å². The Morgan fingerprint density at radius 1 is 1.62 bits per heavy atom. The van der Waals surface area contributed by atoms with Gasteiger partial charge in [-0.3, -0.25) is 0 Å². The number of rotatable bonds is 3. The fourth-order valence-corrected chi connectivity index (χ4v) is 0.303. The molecule has 0 saturated carbocycles. The summed E-state index contributed by atoms with van der Waals surface area (Å²) in [5.74, 6) is -2.02. The van der Waals surface area contributed by atoms with E-state index in [0.717, 1.165) is 0 Å². The van der Waals surface area contributed by atoms with Gasteiger partial charge in [0.05, 0.1) is 0 Å². The summed E-state index contributed by atoms with van der Waals surface area (Å²) in [6.07, 6.45) is -0.0547. The summed E-state index contributed by atoms with van der Waals surface area (Å²) in [5, 5.41) is 17.2. The summed E-state index contributed by atoms with van der Waals surface area (Å²) in [5.41, 5.74) is 0. The number of hydrogen-bond donors (Lipinski definition) is 2. The summed E-state index contributed by atoms with van der Waals surface area (Å²) >= 11 is 0. The van der Waals surface area contributed by atoms with E-state index in [1.54, 1.807) is 6.92 Å². The predicted molar refractivity (Wildman–Crippen MR) is 28.8 cm³/mol. The van der Waals surface area contributed by atoms with E-state index in [4.69, 9.17) is 10.2 Å². The van der Waals surface area contributed by atoms with Crippen LogP contribution in [-0.4, -0.2) is 22.8 Å². The van der Waals surface area contributed by atoms with Crippen LogP contribution in [0.5, 0.6) is 0 Å². The van der Waals surface area contributed by atoms with E-state index in [1.807, 2.05) is 0 Å². The molecule has 0 aromatic carbocycles. The van der Waals surface area contributed by atoms with Crippen molar-refractivity contribution in [2.75, 3.05) is 6.61 Å². The molecule has 0 atom stereocenters. The van der Waals surface area contributed by atoms with E-state index < -0.39 is 5.97 Å². The summed E-state index contributed by atoms with van der Waals surface area (Å²) < 4.78 is 4.43. The highest BCUT2D eigenvalue weighted by Crippen LogP contribution is 2.04. The molecular formula is C5H11O3. The van der Waals surface area contributed by atoms with Crippen LogP contribution >= 0.6 is 0 Å². The van der Waals surface area contributed by atoms with Gasteiger partial charge >= 0.3 is 0 Å². The van der Waals surface area contributed by atoms with Gasteiger partial charge in [0.1, 0.15) is 0 Å². The molecule has 0 spiro atoms. The fraction of sp³-hybridized carbons (Fsp3) is 0.800. The molecular weight excluding hydrogens is 108 g/mol. The average Bonchev–Trinajstić information content (AvgIpc) is 1.67. The largest absolute Gasteiger partial charge is 0.343 e. The van der Waals surface area contributed by atoms with Crippen LogP contribution < -0.4 is 0 Å². The van der Waals surface area contributed by atoms with Gasteiger partial charge in [-0.05, 0) is 13.8 Å². The van der Waals surface area contributed by atoms with E-state index >= 15 is 0 Å². The third-order valence-corrected chi connectivity index (χ3v) is 0.701. The van der Waals surface area contributed by atoms with Crippen LogP contribution in [0.1, 0.15) is 13.3 Å². The predicted octanol–water partition coefficient (Wildman–Crippen LogP) is -0.115. The van der Waals surface area contributed by atoms with Crippen molar-refractivity contribution in [1.82, 2.24) is 0 Å². The first-order chi connectivity index (χ1) is 3.62. The molecule has 3 heteroatoms. The highest BCUT2D eigenvalue weighted by molar-refractivity contribution is 4.50. The van der Waals surface area contributed by atoms with Gasteiger partial charge in [-0.1, -0.05) is 0 Å². The van der Waals surface area contributed by atoms with Crippen molar-refractivity contribution in [2.45, 2.75) is 19.3 Å². The first-order valence-corrected chi connectivity index (χ1v) is 2.50. The summed E-state index contributed by atoms with van der Waals surface area (Å²) in [4.78, 5) is 0. The smallest absolute Gasteiger partial charge is 0.277 e. The lowest BCUT2D eigenvalue weighted by atomic mass is 10.4. The molecule has 0 heterocycles. The van der Waals surface area contributed by atoms with Crippen LogP contribution in [0.2, 0.25) is 0 Å². The van der Waals surface area contributed by atoms with Gasteiger partial charge in [-0.15, -0.1) is 0 Å². The quantitative estimate of drug-likeness (QED) is 0.509. The van der Waals surface area contributed by atoms with Crippen molar-refractivity contribution in [3.8, 4) is 0 Å². The van der Waals surface area contributed by atoms with Gasteiger partial charge in [0.15, 0.2) is 0 Å². The van der Waals surface area contributed by atoms with Crippen LogP contribution in [0.15, 0.2) is 0 Å². The lowest BCUT2D eigenvalue weighted by Crippen LogP contribution is -2.30. The second kappa shape index (κ2) is 3.02. The molecule has 0 aromatic rings. The normalized spacial score (nSPS) is 12.0. The van der Waals surface area contributed by atoms with Gasteiger partial charge < -0.3 is 14.9 Å². The highest BCUT2D eigenvalue weighted by Gasteiger charge is 2.18. The Kier molecular flexibility index (Phi) is 2.97. The molecule has 49 valence electrons. The minimum atomic E-state index is -2.02. The molecule has 0 saturated heterocycles. The van der Waals surface area contributed by atoms with E-state index in [-0.39, 0.29) is 13.0 Å². The zero-order chi connectivity index (χ0) is 6.62. The fourth-order valence-electron chi connectivity index (χ4n) is 0.303. The van der Waals surface area contributed by atoms with Gasteiger partial charge in [0.2, 0.25) is 0 Å². The SMILES string of the molecule is [CH2]CC(O)(O)OCC. The van der Waals surface area contributed by atoms with Crippen molar-refractivity contribution >= 4 is 0 Å². The minimum absolute atomic E-state index is 0.0547. The third-order valence-electron chi connectivity index (χ3n) is 0.701. The molecule has 0 aliphatic carbocycles. The lowest BCUT2D eigenvalue weighted by Gasteiger charge is -2.17. The minimum Gasteiger partial charge on any atom is -0.343 e. The maximum atomic E-state index is 8.59. The maximum absolute atomic E-state index is 8.59. The number of aliphatic hydroxyl groups is 2. The average molecular weight is 119 g/mol. The molecule has 8 heavy (non-hydrogen) atoms. The molecule has 0 aliphatic rings.